The molecule has 0 saturated carbocycles. The van der Waals surface area contributed by atoms with E-state index in [9.17, 15) is 26.4 Å². The second kappa shape index (κ2) is 8.19. The molecule has 166 valence electrons. The van der Waals surface area contributed by atoms with Crippen LogP contribution in [-0.4, -0.2) is 50.9 Å². The molecular weight excluding hydrogens is 437 g/mol. The van der Waals surface area contributed by atoms with E-state index in [0.29, 0.717) is 17.3 Å². The van der Waals surface area contributed by atoms with Gasteiger partial charge in [0.25, 0.3) is 0 Å². The molecule has 1 fully saturated rings. The largest absolute Gasteiger partial charge is 0.443 e. The zero-order valence-corrected chi connectivity index (χ0v) is 17.1. The van der Waals surface area contributed by atoms with Crippen LogP contribution in [0.2, 0.25) is 0 Å². The normalized spacial score (nSPS) is 17.1. The van der Waals surface area contributed by atoms with Gasteiger partial charge in [-0.2, -0.15) is 17.5 Å². The number of carbonyl (C=O) groups excluding carboxylic acids is 1. The molecule has 1 heterocycles. The smallest absolute Gasteiger partial charge is 0.416 e. The summed E-state index contributed by atoms with van der Waals surface area (Å²) in [6, 6.07) is 9.77. The summed E-state index contributed by atoms with van der Waals surface area (Å²) in [5, 5.41) is 7.49. The number of nitrogens with zero attached hydrogens (tertiary/aromatic N) is 2. The van der Waals surface area contributed by atoms with Gasteiger partial charge in [-0.15, -0.1) is 0 Å². The first-order chi connectivity index (χ1) is 14.4. The topological polar surface area (TPSA) is 117 Å². The van der Waals surface area contributed by atoms with Crippen molar-refractivity contribution in [2.75, 3.05) is 25.0 Å². The van der Waals surface area contributed by atoms with Gasteiger partial charge in [0, 0.05) is 18.3 Å². The molecule has 3 N–H and O–H groups in total. The monoisotopic (exact) mass is 456 g/mol. The Morgan fingerprint density at radius 2 is 1.94 bits per heavy atom. The van der Waals surface area contributed by atoms with Gasteiger partial charge >= 0.3 is 12.3 Å². The molecule has 1 aliphatic rings. The van der Waals surface area contributed by atoms with Gasteiger partial charge in [0.1, 0.15) is 11.9 Å². The number of anilines is 1. The summed E-state index contributed by atoms with van der Waals surface area (Å²) in [5.74, 6) is -0.183. The summed E-state index contributed by atoms with van der Waals surface area (Å²) < 4.78 is 70.3. The highest BCUT2D eigenvalue weighted by Crippen LogP contribution is 2.31. The van der Waals surface area contributed by atoms with Crippen LogP contribution in [0.4, 0.5) is 23.7 Å². The molecule has 1 unspecified atom stereocenters. The van der Waals surface area contributed by atoms with Crippen LogP contribution in [0.25, 0.3) is 0 Å². The molecule has 2 aromatic carbocycles. The quantitative estimate of drug-likeness (QED) is 0.512. The van der Waals surface area contributed by atoms with E-state index in [4.69, 9.17) is 15.9 Å². The van der Waals surface area contributed by atoms with Crippen molar-refractivity contribution in [2.24, 2.45) is 5.73 Å². The highest BCUT2D eigenvalue weighted by Gasteiger charge is 2.36. The number of hydrogen-bond donors (Lipinski definition) is 2. The minimum Gasteiger partial charge on any atom is -0.443 e. The molecule has 1 aliphatic heterocycles. The van der Waals surface area contributed by atoms with Crippen LogP contribution in [0.5, 0.6) is 0 Å². The third-order valence-electron chi connectivity index (χ3n) is 4.67. The molecular formula is C19H19F3N4O4S. The van der Waals surface area contributed by atoms with Crippen molar-refractivity contribution in [1.29, 1.82) is 5.41 Å². The lowest BCUT2D eigenvalue weighted by Gasteiger charge is -2.20. The molecule has 0 bridgehead atoms. The number of ether oxygens (including phenoxy) is 1. The van der Waals surface area contributed by atoms with Gasteiger partial charge in [0.15, 0.2) is 0 Å². The van der Waals surface area contributed by atoms with Crippen LogP contribution < -0.4 is 10.6 Å². The predicted octanol–water partition coefficient (Wildman–Crippen LogP) is 2.64. The van der Waals surface area contributed by atoms with Gasteiger partial charge in [-0.3, -0.25) is 10.3 Å². The molecule has 31 heavy (non-hydrogen) atoms. The number of carbonyl (C=O) groups is 1. The van der Waals surface area contributed by atoms with E-state index in [0.717, 1.165) is 22.5 Å². The molecule has 3 rings (SSSR count). The fourth-order valence-electron chi connectivity index (χ4n) is 3.07. The maximum Gasteiger partial charge on any atom is 0.416 e. The lowest BCUT2D eigenvalue weighted by atomic mass is 10.1. The maximum atomic E-state index is 12.9. The van der Waals surface area contributed by atoms with Crippen molar-refractivity contribution in [3.8, 4) is 0 Å². The highest BCUT2D eigenvalue weighted by atomic mass is 32.2. The summed E-state index contributed by atoms with van der Waals surface area (Å²) in [6.07, 6.45) is -6.24. The molecule has 12 heteroatoms. The molecule has 1 atom stereocenters. The summed E-state index contributed by atoms with van der Waals surface area (Å²) in [7, 11) is -3.05. The van der Waals surface area contributed by atoms with Crippen LogP contribution in [0, 0.1) is 5.41 Å². The first-order valence-corrected chi connectivity index (χ1v) is 10.4. The molecule has 1 saturated heterocycles. The van der Waals surface area contributed by atoms with E-state index in [1.807, 2.05) is 0 Å². The number of amidine groups is 1. The second-order valence-corrected chi connectivity index (χ2v) is 8.94. The molecule has 1 amide bonds. The predicted molar refractivity (Wildman–Crippen MR) is 106 cm³/mol. The number of nitrogens with one attached hydrogen (secondary N) is 1. The average Bonchev–Trinajstić information content (AvgIpc) is 3.07. The van der Waals surface area contributed by atoms with Crippen LogP contribution >= 0.6 is 0 Å². The number of sulfonamides is 1. The SMILES string of the molecule is CN(CC1CN(c2cccc(C(=N)N)c2)C(=O)O1)S(=O)(=O)c1cccc(C(F)(F)F)c1. The van der Waals surface area contributed by atoms with Gasteiger partial charge in [0.2, 0.25) is 10.0 Å². The fourth-order valence-corrected chi connectivity index (χ4v) is 4.32. The molecule has 0 aromatic heterocycles. The Kier molecular flexibility index (Phi) is 5.96. The number of halogens is 3. The lowest BCUT2D eigenvalue weighted by molar-refractivity contribution is -0.137. The fraction of sp³-hybridized carbons (Fsp3) is 0.263. The van der Waals surface area contributed by atoms with Crippen LogP contribution in [0.3, 0.4) is 0 Å². The van der Waals surface area contributed by atoms with Gasteiger partial charge < -0.3 is 10.5 Å². The van der Waals surface area contributed by atoms with Gasteiger partial charge in [-0.05, 0) is 30.3 Å². The molecule has 0 spiro atoms. The third-order valence-corrected chi connectivity index (χ3v) is 6.49. The summed E-state index contributed by atoms with van der Waals surface area (Å²) in [4.78, 5) is 13.0. The summed E-state index contributed by atoms with van der Waals surface area (Å²) in [6.45, 7) is -0.240. The van der Waals surface area contributed by atoms with E-state index in [1.165, 1.54) is 18.0 Å². The Bertz CT molecular complexity index is 1120. The molecule has 0 radical (unpaired) electrons. The highest BCUT2D eigenvalue weighted by molar-refractivity contribution is 7.89. The lowest BCUT2D eigenvalue weighted by Crippen LogP contribution is -2.36. The Hall–Kier alpha value is -3.12. The van der Waals surface area contributed by atoms with E-state index in [-0.39, 0.29) is 18.9 Å². The summed E-state index contributed by atoms with van der Waals surface area (Å²) >= 11 is 0. The Labute approximate surface area is 176 Å². The second-order valence-electron chi connectivity index (χ2n) is 6.89. The number of rotatable bonds is 6. The average molecular weight is 456 g/mol. The van der Waals surface area contributed by atoms with E-state index < -0.39 is 38.9 Å². The first-order valence-electron chi connectivity index (χ1n) is 8.96. The minimum atomic E-state index is -4.68. The van der Waals surface area contributed by atoms with Gasteiger partial charge in [0.05, 0.1) is 23.5 Å². The molecule has 8 nitrogen and oxygen atoms in total. The van der Waals surface area contributed by atoms with Crippen molar-refractivity contribution in [3.05, 3.63) is 59.7 Å². The number of nitrogens with two attached hydrogens (primary N) is 1. The van der Waals surface area contributed by atoms with Crippen molar-refractivity contribution in [1.82, 2.24) is 4.31 Å². The van der Waals surface area contributed by atoms with Crippen molar-refractivity contribution >= 4 is 27.6 Å². The molecule has 2 aromatic rings. The number of benzene rings is 2. The van der Waals surface area contributed by atoms with E-state index in [2.05, 4.69) is 0 Å². The number of nitrogen functional groups attached to an aromatic ring is 1. The van der Waals surface area contributed by atoms with Crippen LogP contribution in [0.15, 0.2) is 53.4 Å². The number of alkyl halides is 3. The Morgan fingerprint density at radius 1 is 1.26 bits per heavy atom. The number of likely N-dealkylation sites (N-methyl/N-ethyl adjacent to an activating group) is 1. The Balaban J connectivity index is 1.75. The van der Waals surface area contributed by atoms with Crippen molar-refractivity contribution in [3.63, 3.8) is 0 Å². The molecule has 0 aliphatic carbocycles. The first kappa shape index (κ1) is 22.6. The Morgan fingerprint density at radius 3 is 2.58 bits per heavy atom. The number of hydrogen-bond acceptors (Lipinski definition) is 5. The van der Waals surface area contributed by atoms with Crippen molar-refractivity contribution < 1.29 is 31.1 Å². The summed E-state index contributed by atoms with van der Waals surface area (Å²) in [5.41, 5.74) is 5.20. The maximum absolute atomic E-state index is 12.9. The third kappa shape index (κ3) is 4.80. The van der Waals surface area contributed by atoms with E-state index >= 15 is 0 Å². The van der Waals surface area contributed by atoms with E-state index in [1.54, 1.807) is 18.2 Å². The minimum absolute atomic E-state index is 0.0165. The number of amides is 1. The van der Waals surface area contributed by atoms with Gasteiger partial charge in [-0.25, -0.2) is 13.2 Å². The standard InChI is InChI=1S/C19H19F3N4O4S/c1-25(31(28,29)16-7-3-5-13(9-16)19(20,21)22)10-15-11-26(18(27)30-15)14-6-2-4-12(8-14)17(23)24/h2-9,15H,10-11H2,1H3,(H3,23,24). The zero-order chi connectivity index (χ0) is 23.0. The van der Waals surface area contributed by atoms with Gasteiger partial charge in [-0.1, -0.05) is 18.2 Å². The number of cyclic esters (lactones) is 1. The zero-order valence-electron chi connectivity index (χ0n) is 16.3. The van der Waals surface area contributed by atoms with Crippen LogP contribution in [0.1, 0.15) is 11.1 Å². The van der Waals surface area contributed by atoms with Crippen molar-refractivity contribution in [2.45, 2.75) is 17.2 Å². The van der Waals surface area contributed by atoms with Crippen LogP contribution in [-0.2, 0) is 20.9 Å².